The van der Waals surface area contributed by atoms with Crippen LogP contribution in [0.1, 0.15) is 18.9 Å². The van der Waals surface area contributed by atoms with Crippen molar-refractivity contribution in [3.05, 3.63) is 22.7 Å². The summed E-state index contributed by atoms with van der Waals surface area (Å²) in [7, 11) is 3.18. The zero-order chi connectivity index (χ0) is 12.1. The molecule has 1 atom stereocenters. The van der Waals surface area contributed by atoms with Gasteiger partial charge in [-0.05, 0) is 31.4 Å². The van der Waals surface area contributed by atoms with Crippen molar-refractivity contribution >= 4 is 11.6 Å². The number of rotatable bonds is 5. The lowest BCUT2D eigenvalue weighted by molar-refractivity contribution is 0.354. The predicted octanol–water partition coefficient (Wildman–Crippen LogP) is 2.64. The fraction of sp³-hybridized carbons (Fsp3) is 0.500. The highest BCUT2D eigenvalue weighted by Crippen LogP contribution is 2.37. The molecule has 0 aliphatic carbocycles. The van der Waals surface area contributed by atoms with Gasteiger partial charge in [0.15, 0.2) is 11.5 Å². The molecule has 0 saturated carbocycles. The highest BCUT2D eigenvalue weighted by molar-refractivity contribution is 6.33. The third kappa shape index (κ3) is 3.03. The zero-order valence-corrected chi connectivity index (χ0v) is 10.7. The molecule has 1 aromatic carbocycles. The van der Waals surface area contributed by atoms with E-state index < -0.39 is 0 Å². The van der Waals surface area contributed by atoms with Gasteiger partial charge in [0.25, 0.3) is 0 Å². The topological polar surface area (TPSA) is 44.5 Å². The van der Waals surface area contributed by atoms with Crippen molar-refractivity contribution in [2.24, 2.45) is 5.73 Å². The Hall–Kier alpha value is -0.930. The average molecular weight is 244 g/mol. The minimum Gasteiger partial charge on any atom is -0.493 e. The molecule has 0 radical (unpaired) electrons. The third-order valence-corrected chi connectivity index (χ3v) is 2.85. The van der Waals surface area contributed by atoms with E-state index in [-0.39, 0.29) is 6.04 Å². The number of benzene rings is 1. The molecule has 0 bridgehead atoms. The normalized spacial score (nSPS) is 12.3. The van der Waals surface area contributed by atoms with Crippen LogP contribution in [-0.4, -0.2) is 20.3 Å². The zero-order valence-electron chi connectivity index (χ0n) is 9.92. The summed E-state index contributed by atoms with van der Waals surface area (Å²) >= 11 is 6.23. The van der Waals surface area contributed by atoms with Gasteiger partial charge in [-0.2, -0.15) is 0 Å². The van der Waals surface area contributed by atoms with Crippen LogP contribution in [0.2, 0.25) is 5.02 Å². The first kappa shape index (κ1) is 13.1. The molecule has 0 spiro atoms. The van der Waals surface area contributed by atoms with Gasteiger partial charge in [0.1, 0.15) is 0 Å². The first-order chi connectivity index (χ1) is 7.60. The summed E-state index contributed by atoms with van der Waals surface area (Å²) in [5, 5.41) is 0.613. The molecule has 90 valence electrons. The molecule has 1 rings (SSSR count). The molecule has 0 fully saturated rings. The van der Waals surface area contributed by atoms with Crippen molar-refractivity contribution in [3.8, 4) is 11.5 Å². The summed E-state index contributed by atoms with van der Waals surface area (Å²) in [6.45, 7) is 1.98. The van der Waals surface area contributed by atoms with Crippen molar-refractivity contribution in [2.75, 3.05) is 14.2 Å². The van der Waals surface area contributed by atoms with Gasteiger partial charge < -0.3 is 15.2 Å². The van der Waals surface area contributed by atoms with Crippen LogP contribution >= 0.6 is 11.6 Å². The lowest BCUT2D eigenvalue weighted by Gasteiger charge is -2.13. The fourth-order valence-electron chi connectivity index (χ4n) is 1.51. The SMILES string of the molecule is COc1ccc(CC[C@@H](C)N)c(Cl)c1OC. The number of hydrogen-bond donors (Lipinski definition) is 1. The standard InChI is InChI=1S/C12H18ClNO2/c1-8(14)4-5-9-6-7-10(15-2)12(16-3)11(9)13/h6-8H,4-5,14H2,1-3H3/t8-/m1/s1. The number of nitrogens with two attached hydrogens (primary N) is 1. The number of halogens is 1. The number of ether oxygens (including phenoxy) is 2. The van der Waals surface area contributed by atoms with E-state index in [2.05, 4.69) is 0 Å². The molecule has 16 heavy (non-hydrogen) atoms. The molecule has 0 aliphatic rings. The molecule has 3 nitrogen and oxygen atoms in total. The van der Waals surface area contributed by atoms with Gasteiger partial charge in [-0.1, -0.05) is 17.7 Å². The Morgan fingerprint density at radius 1 is 1.31 bits per heavy atom. The molecule has 0 saturated heterocycles. The van der Waals surface area contributed by atoms with Crippen LogP contribution < -0.4 is 15.2 Å². The second-order valence-corrected chi connectivity index (χ2v) is 4.17. The van der Waals surface area contributed by atoms with Crippen LogP contribution in [0.4, 0.5) is 0 Å². The van der Waals surface area contributed by atoms with Gasteiger partial charge in [-0.15, -0.1) is 0 Å². The molecule has 2 N–H and O–H groups in total. The van der Waals surface area contributed by atoms with Crippen LogP contribution in [0.15, 0.2) is 12.1 Å². The number of hydrogen-bond acceptors (Lipinski definition) is 3. The van der Waals surface area contributed by atoms with Crippen molar-refractivity contribution in [3.63, 3.8) is 0 Å². The van der Waals surface area contributed by atoms with Crippen molar-refractivity contribution < 1.29 is 9.47 Å². The van der Waals surface area contributed by atoms with Crippen LogP contribution in [0, 0.1) is 0 Å². The molecule has 0 amide bonds. The van der Waals surface area contributed by atoms with Crippen molar-refractivity contribution in [1.82, 2.24) is 0 Å². The van der Waals surface area contributed by atoms with E-state index in [1.165, 1.54) is 0 Å². The summed E-state index contributed by atoms with van der Waals surface area (Å²) in [4.78, 5) is 0. The van der Waals surface area contributed by atoms with Gasteiger partial charge in [-0.3, -0.25) is 0 Å². The van der Waals surface area contributed by atoms with Crippen LogP contribution in [-0.2, 0) is 6.42 Å². The third-order valence-electron chi connectivity index (χ3n) is 2.43. The minimum atomic E-state index is 0.171. The second kappa shape index (κ2) is 5.97. The highest BCUT2D eigenvalue weighted by atomic mass is 35.5. The highest BCUT2D eigenvalue weighted by Gasteiger charge is 2.12. The van der Waals surface area contributed by atoms with E-state index in [1.54, 1.807) is 14.2 Å². The van der Waals surface area contributed by atoms with Crippen LogP contribution in [0.5, 0.6) is 11.5 Å². The minimum absolute atomic E-state index is 0.171. The number of aryl methyl sites for hydroxylation is 1. The maximum atomic E-state index is 6.23. The molecule has 0 aliphatic heterocycles. The molecule has 0 unspecified atom stereocenters. The maximum absolute atomic E-state index is 6.23. The Morgan fingerprint density at radius 3 is 2.50 bits per heavy atom. The smallest absolute Gasteiger partial charge is 0.179 e. The molecule has 1 aromatic rings. The van der Waals surface area contributed by atoms with Crippen molar-refractivity contribution in [1.29, 1.82) is 0 Å². The van der Waals surface area contributed by atoms with Gasteiger partial charge in [-0.25, -0.2) is 0 Å². The summed E-state index contributed by atoms with van der Waals surface area (Å²) in [6, 6.07) is 3.98. The maximum Gasteiger partial charge on any atom is 0.179 e. The first-order valence-corrected chi connectivity index (χ1v) is 5.62. The van der Waals surface area contributed by atoms with Crippen molar-refractivity contribution in [2.45, 2.75) is 25.8 Å². The number of methoxy groups -OCH3 is 2. The first-order valence-electron chi connectivity index (χ1n) is 5.25. The van der Waals surface area contributed by atoms with E-state index in [1.807, 2.05) is 19.1 Å². The largest absolute Gasteiger partial charge is 0.493 e. The lowest BCUT2D eigenvalue weighted by atomic mass is 10.1. The molecule has 4 heteroatoms. The monoisotopic (exact) mass is 243 g/mol. The molecule has 0 aromatic heterocycles. The Kier molecular flexibility index (Phi) is 4.90. The van der Waals surface area contributed by atoms with Gasteiger partial charge in [0, 0.05) is 6.04 Å². The van der Waals surface area contributed by atoms with Crippen LogP contribution in [0.3, 0.4) is 0 Å². The Morgan fingerprint density at radius 2 is 2.00 bits per heavy atom. The molecular weight excluding hydrogens is 226 g/mol. The fourth-order valence-corrected chi connectivity index (χ4v) is 1.83. The second-order valence-electron chi connectivity index (χ2n) is 3.79. The van der Waals surface area contributed by atoms with E-state index in [9.17, 15) is 0 Å². The summed E-state index contributed by atoms with van der Waals surface area (Å²) in [6.07, 6.45) is 1.74. The Bertz CT molecular complexity index is 353. The van der Waals surface area contributed by atoms with E-state index in [4.69, 9.17) is 26.8 Å². The predicted molar refractivity (Wildman–Crippen MR) is 66.5 cm³/mol. The van der Waals surface area contributed by atoms with Crippen LogP contribution in [0.25, 0.3) is 0 Å². The summed E-state index contributed by atoms with van der Waals surface area (Å²) < 4.78 is 10.4. The molecule has 0 heterocycles. The Labute approximate surface area is 101 Å². The van der Waals surface area contributed by atoms with Gasteiger partial charge in [0.2, 0.25) is 0 Å². The quantitative estimate of drug-likeness (QED) is 0.865. The van der Waals surface area contributed by atoms with Gasteiger partial charge >= 0.3 is 0 Å². The molecular formula is C12H18ClNO2. The van der Waals surface area contributed by atoms with E-state index in [0.29, 0.717) is 16.5 Å². The lowest BCUT2D eigenvalue weighted by Crippen LogP contribution is -2.15. The summed E-state index contributed by atoms with van der Waals surface area (Å²) in [5.74, 6) is 1.24. The van der Waals surface area contributed by atoms with E-state index in [0.717, 1.165) is 18.4 Å². The summed E-state index contributed by atoms with van der Waals surface area (Å²) in [5.41, 5.74) is 6.76. The van der Waals surface area contributed by atoms with Gasteiger partial charge in [0.05, 0.1) is 19.2 Å². The average Bonchev–Trinajstić information content (AvgIpc) is 2.26. The van der Waals surface area contributed by atoms with E-state index >= 15 is 0 Å². The Balaban J connectivity index is 2.95.